The molecule has 166 valence electrons. The maximum atomic E-state index is 11.7. The van der Waals surface area contributed by atoms with Crippen LogP contribution in [0.25, 0.3) is 0 Å². The number of rotatable bonds is 8. The SMILES string of the molecule is O=c1ccn([C@@H]2O[C@@H](COP(=O)([O-])OP(=O)([O-])OP(=O)([O-])O)[C@@H](O)[C@H]2O)c(=O)[nH]1.[Na+].[Na+].[Na+]. The minimum absolute atomic E-state index is 0. The van der Waals surface area contributed by atoms with E-state index in [1.165, 1.54) is 0 Å². The van der Waals surface area contributed by atoms with Crippen LogP contribution in [0.5, 0.6) is 0 Å². The number of H-pyrrole nitrogens is 1. The van der Waals surface area contributed by atoms with E-state index >= 15 is 0 Å². The minimum Gasteiger partial charge on any atom is -0.756 e. The average molecular weight is 550 g/mol. The molecule has 0 amide bonds. The summed E-state index contributed by atoms with van der Waals surface area (Å²) in [6.07, 6.45) is -5.93. The fourth-order valence-corrected chi connectivity index (χ4v) is 5.07. The van der Waals surface area contributed by atoms with Gasteiger partial charge in [-0.05, 0) is 0 Å². The van der Waals surface area contributed by atoms with Gasteiger partial charge in [0.05, 0.1) is 6.61 Å². The maximum Gasteiger partial charge on any atom is 1.00 e. The molecule has 0 aliphatic carbocycles. The fourth-order valence-electron chi connectivity index (χ4n) is 2.18. The molecule has 4 N–H and O–H groups in total. The molecule has 2 rings (SSSR count). The van der Waals surface area contributed by atoms with E-state index in [0.29, 0.717) is 4.57 Å². The van der Waals surface area contributed by atoms with Gasteiger partial charge in [0.25, 0.3) is 29.0 Å². The van der Waals surface area contributed by atoms with E-state index in [0.717, 1.165) is 12.3 Å². The monoisotopic (exact) mass is 550 g/mol. The minimum atomic E-state index is -6.10. The Labute approximate surface area is 244 Å². The molecule has 1 aromatic heterocycles. The fraction of sp³-hybridized carbons (Fsp3) is 0.556. The van der Waals surface area contributed by atoms with Gasteiger partial charge in [-0.25, -0.2) is 13.4 Å². The third kappa shape index (κ3) is 10.9. The van der Waals surface area contributed by atoms with Crippen molar-refractivity contribution in [1.82, 2.24) is 9.55 Å². The summed E-state index contributed by atoms with van der Waals surface area (Å²) < 4.78 is 49.3. The van der Waals surface area contributed by atoms with Gasteiger partial charge in [0.1, 0.15) is 18.3 Å². The number of aromatic amines is 1. The molecule has 23 heteroatoms. The van der Waals surface area contributed by atoms with Crippen LogP contribution in [-0.2, 0) is 31.6 Å². The zero-order chi connectivity index (χ0) is 22.2. The summed E-state index contributed by atoms with van der Waals surface area (Å²) in [7, 11) is -17.8. The molecule has 3 unspecified atom stereocenters. The Morgan fingerprint density at radius 1 is 1.03 bits per heavy atom. The number of nitrogens with zero attached hydrogens (tertiary/aromatic N) is 1. The van der Waals surface area contributed by atoms with Crippen molar-refractivity contribution in [3.05, 3.63) is 33.1 Å². The van der Waals surface area contributed by atoms with E-state index in [9.17, 15) is 48.2 Å². The van der Waals surface area contributed by atoms with Crippen LogP contribution in [-0.4, -0.2) is 49.6 Å². The summed E-state index contributed by atoms with van der Waals surface area (Å²) in [5.41, 5.74) is -1.79. The van der Waals surface area contributed by atoms with Gasteiger partial charge in [0, 0.05) is 12.3 Å². The summed E-state index contributed by atoms with van der Waals surface area (Å²) in [6.45, 7) is -1.15. The van der Waals surface area contributed by atoms with Gasteiger partial charge in [-0.2, -0.15) is 0 Å². The molecule has 0 saturated carbocycles. The molecule has 1 aromatic rings. The van der Waals surface area contributed by atoms with Crippen molar-refractivity contribution in [2.45, 2.75) is 24.5 Å². The topological polar surface area (TPSA) is 273 Å². The van der Waals surface area contributed by atoms with E-state index in [4.69, 9.17) is 9.63 Å². The quantitative estimate of drug-likeness (QED) is 0.173. The number of ether oxygens (including phenoxy) is 1. The molecule has 0 aromatic carbocycles. The summed E-state index contributed by atoms with van der Waals surface area (Å²) in [4.78, 5) is 65.8. The Kier molecular flexibility index (Phi) is 15.9. The number of aromatic nitrogens is 2. The first-order valence-corrected chi connectivity index (χ1v) is 11.6. The van der Waals surface area contributed by atoms with Gasteiger partial charge in [-0.1, -0.05) is 0 Å². The zero-order valence-electron chi connectivity index (χ0n) is 16.7. The molecule has 1 saturated heterocycles. The van der Waals surface area contributed by atoms with Gasteiger partial charge in [0.2, 0.25) is 0 Å². The van der Waals surface area contributed by atoms with Crippen molar-refractivity contribution < 1.29 is 150 Å². The number of phosphoric ester groups is 1. The first-order chi connectivity index (χ1) is 13.1. The van der Waals surface area contributed by atoms with Gasteiger partial charge < -0.3 is 39.0 Å². The van der Waals surface area contributed by atoms with Crippen LogP contribution in [0, 0.1) is 0 Å². The second-order valence-corrected chi connectivity index (χ2v) is 9.68. The van der Waals surface area contributed by atoms with E-state index in [1.54, 1.807) is 0 Å². The Balaban J connectivity index is 0. The van der Waals surface area contributed by atoms with E-state index in [1.807, 2.05) is 4.98 Å². The summed E-state index contributed by atoms with van der Waals surface area (Å²) in [5, 5.41) is 19.8. The van der Waals surface area contributed by atoms with Crippen LogP contribution in [0.3, 0.4) is 0 Å². The molecule has 1 aliphatic heterocycles. The van der Waals surface area contributed by atoms with E-state index in [-0.39, 0.29) is 88.7 Å². The van der Waals surface area contributed by atoms with Crippen molar-refractivity contribution in [3.63, 3.8) is 0 Å². The molecule has 0 radical (unpaired) electrons. The number of hydrogen-bond acceptors (Lipinski definition) is 14. The average Bonchev–Trinajstić information content (AvgIpc) is 2.78. The van der Waals surface area contributed by atoms with Crippen LogP contribution < -0.4 is 115 Å². The van der Waals surface area contributed by atoms with Crippen LogP contribution in [0.4, 0.5) is 0 Å². The molecule has 1 fully saturated rings. The molecule has 2 heterocycles. The van der Waals surface area contributed by atoms with Crippen LogP contribution in [0.15, 0.2) is 21.9 Å². The van der Waals surface area contributed by atoms with Crippen LogP contribution in [0.1, 0.15) is 6.23 Å². The van der Waals surface area contributed by atoms with Crippen molar-refractivity contribution in [3.8, 4) is 0 Å². The smallest absolute Gasteiger partial charge is 0.756 e. The van der Waals surface area contributed by atoms with Crippen molar-refractivity contribution in [1.29, 1.82) is 0 Å². The summed E-state index contributed by atoms with van der Waals surface area (Å²) in [5.74, 6) is 0. The van der Waals surface area contributed by atoms with E-state index in [2.05, 4.69) is 13.1 Å². The normalized spacial score (nSPS) is 28.1. The second kappa shape index (κ2) is 14.1. The van der Waals surface area contributed by atoms with Crippen molar-refractivity contribution in [2.24, 2.45) is 0 Å². The van der Waals surface area contributed by atoms with Crippen LogP contribution in [0.2, 0.25) is 0 Å². The van der Waals surface area contributed by atoms with Crippen molar-refractivity contribution in [2.75, 3.05) is 6.61 Å². The van der Waals surface area contributed by atoms with Gasteiger partial charge in [0.15, 0.2) is 6.23 Å². The number of phosphoric acid groups is 3. The second-order valence-electron chi connectivity index (χ2n) is 5.39. The molecule has 17 nitrogen and oxygen atoms in total. The third-order valence-corrected chi connectivity index (χ3v) is 6.95. The molecule has 0 bridgehead atoms. The Bertz CT molecular complexity index is 1010. The Morgan fingerprint density at radius 3 is 2.09 bits per heavy atom. The van der Waals surface area contributed by atoms with Crippen LogP contribution >= 0.6 is 23.5 Å². The zero-order valence-corrected chi connectivity index (χ0v) is 25.4. The third-order valence-electron chi connectivity index (χ3n) is 3.26. The molecule has 7 atom stereocenters. The number of aliphatic hydroxyl groups is 2. The first-order valence-electron chi connectivity index (χ1n) is 7.16. The summed E-state index contributed by atoms with van der Waals surface area (Å²) in [6, 6.07) is 0.898. The number of aliphatic hydroxyl groups excluding tert-OH is 2. The largest absolute Gasteiger partial charge is 1.00 e. The predicted octanol–water partition coefficient (Wildman–Crippen LogP) is -13.4. The first kappa shape index (κ1) is 36.1. The molecular weight excluding hydrogens is 538 g/mol. The number of hydrogen-bond donors (Lipinski definition) is 4. The predicted molar refractivity (Wildman–Crippen MR) is 80.4 cm³/mol. The number of nitrogens with one attached hydrogen (secondary N) is 1. The standard InChI is InChI=1S/C9H15N2O15P3.3Na/c12-5-1-2-11(9(15)10-5)8-7(14)6(13)4(24-8)3-23-28(19,20)26-29(21,22)25-27(16,17)18;;;/h1-2,4,6-8,13-14H,3H2,(H,19,20)(H,21,22)(H,10,12,15)(H2,16,17,18);;;/q;3*+1/p-3/t4-,6+,7+,8+;;;/m0.../s1. The van der Waals surface area contributed by atoms with E-state index < -0.39 is 65.9 Å². The maximum absolute atomic E-state index is 11.7. The molecular formula is C9H12N2Na3O15P3. The summed E-state index contributed by atoms with van der Waals surface area (Å²) >= 11 is 0. The van der Waals surface area contributed by atoms with Gasteiger partial charge >= 0.3 is 94.4 Å². The molecule has 0 spiro atoms. The van der Waals surface area contributed by atoms with Gasteiger partial charge in [-0.15, -0.1) is 0 Å². The van der Waals surface area contributed by atoms with Crippen molar-refractivity contribution >= 4 is 23.5 Å². The molecule has 1 aliphatic rings. The Morgan fingerprint density at radius 2 is 1.59 bits per heavy atom. The van der Waals surface area contributed by atoms with Gasteiger partial charge in [-0.3, -0.25) is 28.0 Å². The molecule has 32 heavy (non-hydrogen) atoms. The Hall–Kier alpha value is 1.97.